The predicted octanol–water partition coefficient (Wildman–Crippen LogP) is 6.69. The van der Waals surface area contributed by atoms with Gasteiger partial charge in [0.15, 0.2) is 0 Å². The Labute approximate surface area is 157 Å². The van der Waals surface area contributed by atoms with Crippen LogP contribution in [0, 0.1) is 0 Å². The van der Waals surface area contributed by atoms with E-state index < -0.39 is 0 Å². The van der Waals surface area contributed by atoms with Crippen LogP contribution in [0.1, 0.15) is 89.9 Å². The van der Waals surface area contributed by atoms with Gasteiger partial charge in [-0.25, -0.2) is 0 Å². The van der Waals surface area contributed by atoms with Crippen molar-refractivity contribution in [3.8, 4) is 0 Å². The van der Waals surface area contributed by atoms with Crippen molar-refractivity contribution in [2.24, 2.45) is 0 Å². The molecule has 0 aliphatic rings. The largest absolute Gasteiger partial charge is 0.127 e. The van der Waals surface area contributed by atoms with E-state index in [-0.39, 0.29) is 10.8 Å². The second-order valence-corrected chi connectivity index (χ2v) is 8.83. The van der Waals surface area contributed by atoms with Crippen LogP contribution in [0.25, 0.3) is 0 Å². The summed E-state index contributed by atoms with van der Waals surface area (Å²) in [4.78, 5) is 0. The third kappa shape index (κ3) is 16.0. The van der Waals surface area contributed by atoms with Crippen LogP contribution in [0.2, 0.25) is 6.04 Å². The van der Waals surface area contributed by atoms with Crippen LogP contribution in [-0.2, 0) is 0 Å². The van der Waals surface area contributed by atoms with Gasteiger partial charge >= 0.3 is 0 Å². The van der Waals surface area contributed by atoms with Gasteiger partial charge in [0.05, 0.1) is 0 Å². The predicted molar refractivity (Wildman–Crippen MR) is 109 cm³/mol. The molecule has 0 amide bonds. The molecule has 0 rings (SSSR count). The molecule has 2 atom stereocenters. The highest BCUT2D eigenvalue weighted by Crippen LogP contribution is 2.20. The normalized spacial score (nSPS) is 14.3. The van der Waals surface area contributed by atoms with Crippen LogP contribution >= 0.6 is 34.8 Å². The number of rotatable bonds is 17. The van der Waals surface area contributed by atoms with Gasteiger partial charge in [0.25, 0.3) is 0 Å². The lowest BCUT2D eigenvalue weighted by molar-refractivity contribution is 0.533. The van der Waals surface area contributed by atoms with E-state index in [2.05, 4.69) is 0 Å². The van der Waals surface area contributed by atoms with Crippen LogP contribution in [0.4, 0.5) is 0 Å². The maximum absolute atomic E-state index is 6.27. The van der Waals surface area contributed by atoms with Crippen LogP contribution in [0.3, 0.4) is 0 Å². The summed E-state index contributed by atoms with van der Waals surface area (Å²) in [6.45, 7) is 0. The molecule has 0 spiro atoms. The van der Waals surface area contributed by atoms with Crippen molar-refractivity contribution >= 4 is 45.0 Å². The summed E-state index contributed by atoms with van der Waals surface area (Å²) in [6.07, 6.45) is 18.8. The summed E-state index contributed by atoms with van der Waals surface area (Å²) in [5.74, 6) is 0.832. The minimum Gasteiger partial charge on any atom is -0.127 e. The maximum atomic E-state index is 6.27. The molecule has 0 aromatic heterocycles. The minimum absolute atomic E-state index is 0.198. The van der Waals surface area contributed by atoms with Crippen molar-refractivity contribution in [2.75, 3.05) is 5.88 Å². The highest BCUT2D eigenvalue weighted by molar-refractivity contribution is 6.32. The number of alkyl halides is 3. The number of hydrogen-bond donors (Lipinski definition) is 0. The molecule has 2 unspecified atom stereocenters. The molecule has 4 heteroatoms. The summed E-state index contributed by atoms with van der Waals surface area (Å²) in [6, 6.07) is 1.11. The third-order valence-corrected chi connectivity index (χ3v) is 7.32. The van der Waals surface area contributed by atoms with Crippen molar-refractivity contribution in [3.05, 3.63) is 0 Å². The van der Waals surface area contributed by atoms with Crippen molar-refractivity contribution in [3.63, 3.8) is 0 Å². The fourth-order valence-corrected chi connectivity index (χ4v) is 4.33. The molecule has 0 N–H and O–H groups in total. The molecule has 0 saturated carbocycles. The first-order valence-corrected chi connectivity index (χ1v) is 12.4. The Balaban J connectivity index is 3.08. The van der Waals surface area contributed by atoms with E-state index in [1.165, 1.54) is 83.5 Å². The molecule has 0 heterocycles. The Morgan fingerprint density at radius 1 is 0.545 bits per heavy atom. The van der Waals surface area contributed by atoms with E-state index >= 15 is 0 Å². The Kier molecular flexibility index (Phi) is 19.3. The Morgan fingerprint density at radius 2 is 0.909 bits per heavy atom. The number of hydrogen-bond acceptors (Lipinski definition) is 0. The molecule has 0 fully saturated rings. The van der Waals surface area contributed by atoms with Crippen molar-refractivity contribution in [1.29, 1.82) is 0 Å². The zero-order chi connectivity index (χ0) is 16.5. The van der Waals surface area contributed by atoms with Gasteiger partial charge in [0, 0.05) is 26.9 Å². The van der Waals surface area contributed by atoms with E-state index in [0.717, 1.165) is 28.6 Å². The summed E-state index contributed by atoms with van der Waals surface area (Å²) < 4.78 is 0. The average Bonchev–Trinajstić information content (AvgIpc) is 2.54. The molecule has 22 heavy (non-hydrogen) atoms. The standard InChI is InChI=1S/C18H37Cl3Si/c19-15-13-11-9-7-5-3-1-2-4-6-8-10-12-14-17(20)18(21)16-22/h17-18H,1-16H2,22H3. The molecular formula is C18H37Cl3Si. The maximum Gasteiger partial charge on any atom is 0.0496 e. The lowest BCUT2D eigenvalue weighted by Gasteiger charge is -2.13. The molecule has 0 bridgehead atoms. The van der Waals surface area contributed by atoms with E-state index in [1.807, 2.05) is 0 Å². The molecule has 0 saturated heterocycles. The molecule has 0 aromatic rings. The van der Waals surface area contributed by atoms with Gasteiger partial charge in [-0.15, -0.1) is 34.8 Å². The number of halogens is 3. The first-order chi connectivity index (χ1) is 10.7. The van der Waals surface area contributed by atoms with Crippen LogP contribution < -0.4 is 0 Å². The topological polar surface area (TPSA) is 0 Å². The molecule has 0 aliphatic carbocycles. The zero-order valence-electron chi connectivity index (χ0n) is 14.6. The molecular weight excluding hydrogens is 351 g/mol. The smallest absolute Gasteiger partial charge is 0.0496 e. The summed E-state index contributed by atoms with van der Waals surface area (Å²) in [7, 11) is 1.16. The second kappa shape index (κ2) is 18.4. The van der Waals surface area contributed by atoms with Crippen molar-refractivity contribution in [2.45, 2.75) is 107 Å². The summed E-state index contributed by atoms with van der Waals surface area (Å²) in [5.41, 5.74) is 0. The van der Waals surface area contributed by atoms with Gasteiger partial charge in [-0.05, 0) is 18.9 Å². The fraction of sp³-hybridized carbons (Fsp3) is 1.00. The lowest BCUT2D eigenvalue weighted by Crippen LogP contribution is -2.14. The Hall–Kier alpha value is 1.09. The summed E-state index contributed by atoms with van der Waals surface area (Å²) >= 11 is 18.1. The Bertz CT molecular complexity index is 215. The first-order valence-electron chi connectivity index (χ1n) is 9.56. The van der Waals surface area contributed by atoms with Gasteiger partial charge in [-0.2, -0.15) is 0 Å². The van der Waals surface area contributed by atoms with Crippen LogP contribution in [0.5, 0.6) is 0 Å². The SMILES string of the molecule is [SiH3]CC(Cl)C(Cl)CCCCCCCCCCCCCCCCl. The molecule has 0 aliphatic heterocycles. The fourth-order valence-electron chi connectivity index (χ4n) is 2.81. The minimum atomic E-state index is 0.198. The van der Waals surface area contributed by atoms with Crippen molar-refractivity contribution < 1.29 is 0 Å². The number of unbranched alkanes of at least 4 members (excludes halogenated alkanes) is 12. The van der Waals surface area contributed by atoms with Gasteiger partial charge in [-0.1, -0.05) is 77.0 Å². The third-order valence-electron chi connectivity index (χ3n) is 4.40. The molecule has 0 aromatic carbocycles. The highest BCUT2D eigenvalue weighted by atomic mass is 35.5. The molecule has 0 nitrogen and oxygen atoms in total. The van der Waals surface area contributed by atoms with Crippen molar-refractivity contribution in [1.82, 2.24) is 0 Å². The van der Waals surface area contributed by atoms with Crippen LogP contribution in [-0.4, -0.2) is 26.9 Å². The van der Waals surface area contributed by atoms with Crippen LogP contribution in [0.15, 0.2) is 0 Å². The van der Waals surface area contributed by atoms with Gasteiger partial charge in [-0.3, -0.25) is 0 Å². The Morgan fingerprint density at radius 3 is 1.27 bits per heavy atom. The second-order valence-electron chi connectivity index (χ2n) is 6.51. The lowest BCUT2D eigenvalue weighted by atomic mass is 10.0. The van der Waals surface area contributed by atoms with Gasteiger partial charge < -0.3 is 0 Å². The highest BCUT2D eigenvalue weighted by Gasteiger charge is 2.13. The monoisotopic (exact) mass is 386 g/mol. The molecule has 134 valence electrons. The van der Waals surface area contributed by atoms with E-state index in [0.29, 0.717) is 0 Å². The van der Waals surface area contributed by atoms with E-state index in [1.54, 1.807) is 0 Å². The summed E-state index contributed by atoms with van der Waals surface area (Å²) in [5, 5.41) is 0.409. The van der Waals surface area contributed by atoms with E-state index in [9.17, 15) is 0 Å². The quantitative estimate of drug-likeness (QED) is 0.148. The van der Waals surface area contributed by atoms with Gasteiger partial charge in [0.2, 0.25) is 0 Å². The zero-order valence-corrected chi connectivity index (χ0v) is 18.9. The first kappa shape index (κ1) is 23.1. The van der Waals surface area contributed by atoms with Gasteiger partial charge in [0.1, 0.15) is 0 Å². The molecule has 0 radical (unpaired) electrons. The average molecular weight is 388 g/mol. The van der Waals surface area contributed by atoms with E-state index in [4.69, 9.17) is 34.8 Å².